The largest absolute Gasteiger partial charge is 0.362 e. The Morgan fingerprint density at radius 1 is 1.50 bits per heavy atom. The van der Waals surface area contributed by atoms with Gasteiger partial charge in [0.2, 0.25) is 0 Å². The van der Waals surface area contributed by atoms with Crippen molar-refractivity contribution in [2.75, 3.05) is 19.9 Å². The fourth-order valence-corrected chi connectivity index (χ4v) is 1.14. The minimum absolute atomic E-state index is 0.565. The summed E-state index contributed by atoms with van der Waals surface area (Å²) in [5.74, 6) is 0. The number of fused-ring (bicyclic) bond motifs is 1. The van der Waals surface area contributed by atoms with Gasteiger partial charge in [0.15, 0.2) is 0 Å². The third-order valence-corrected chi connectivity index (χ3v) is 1.64. The highest BCUT2D eigenvalue weighted by molar-refractivity contribution is 4.72. The highest BCUT2D eigenvalue weighted by Gasteiger charge is 2.30. The van der Waals surface area contributed by atoms with E-state index in [-0.39, 0.29) is 0 Å². The Hall–Kier alpha value is -0.120. The van der Waals surface area contributed by atoms with Crippen molar-refractivity contribution in [2.45, 2.75) is 12.5 Å². The lowest BCUT2D eigenvalue weighted by atomic mass is 10.3. The molecule has 0 bridgehead atoms. The summed E-state index contributed by atoms with van der Waals surface area (Å²) in [6.07, 6.45) is 1.14. The molecule has 0 N–H and O–H groups in total. The van der Waals surface area contributed by atoms with Crippen molar-refractivity contribution in [3.8, 4) is 0 Å². The van der Waals surface area contributed by atoms with Gasteiger partial charge in [-0.15, -0.1) is 0 Å². The normalized spacial score (nSPS) is 38.2. The van der Waals surface area contributed by atoms with Crippen LogP contribution >= 0.6 is 0 Å². The summed E-state index contributed by atoms with van der Waals surface area (Å²) in [5, 5.41) is 1.92. The van der Waals surface area contributed by atoms with Crippen LogP contribution in [-0.2, 0) is 9.57 Å². The Labute approximate surface area is 48.1 Å². The van der Waals surface area contributed by atoms with Gasteiger partial charge in [0.25, 0.3) is 0 Å². The van der Waals surface area contributed by atoms with Crippen molar-refractivity contribution in [2.24, 2.45) is 0 Å². The monoisotopic (exact) mass is 115 g/mol. The van der Waals surface area contributed by atoms with Crippen LogP contribution in [0.5, 0.6) is 0 Å². The molecule has 46 valence electrons. The van der Waals surface area contributed by atoms with Crippen molar-refractivity contribution in [3.63, 3.8) is 0 Å². The van der Waals surface area contributed by atoms with E-state index in [1.807, 2.05) is 5.06 Å². The minimum Gasteiger partial charge on any atom is -0.362 e. The number of hydrogen-bond acceptors (Lipinski definition) is 3. The van der Waals surface area contributed by atoms with Crippen molar-refractivity contribution in [1.82, 2.24) is 5.06 Å². The van der Waals surface area contributed by atoms with Gasteiger partial charge in [0.1, 0.15) is 6.73 Å². The summed E-state index contributed by atoms with van der Waals surface area (Å²) < 4.78 is 5.11. The predicted octanol–water partition coefficient (Wildman–Crippen LogP) is -0.0200. The van der Waals surface area contributed by atoms with Crippen LogP contribution < -0.4 is 0 Å². The molecule has 3 nitrogen and oxygen atoms in total. The van der Waals surface area contributed by atoms with Gasteiger partial charge in [-0.05, 0) is 6.42 Å². The van der Waals surface area contributed by atoms with E-state index < -0.39 is 0 Å². The molecule has 2 fully saturated rings. The Morgan fingerprint density at radius 2 is 2.50 bits per heavy atom. The number of nitrogens with zero attached hydrogens (tertiary/aromatic N) is 1. The van der Waals surface area contributed by atoms with Gasteiger partial charge in [-0.2, -0.15) is 5.06 Å². The van der Waals surface area contributed by atoms with Crippen molar-refractivity contribution >= 4 is 0 Å². The maximum absolute atomic E-state index is 5.19. The fourth-order valence-electron chi connectivity index (χ4n) is 1.14. The molecule has 2 heterocycles. The van der Waals surface area contributed by atoms with Gasteiger partial charge in [-0.3, -0.25) is 4.84 Å². The molecule has 2 saturated heterocycles. The number of hydroxylamine groups is 2. The molecule has 3 heteroatoms. The first-order valence-electron chi connectivity index (χ1n) is 2.94. The first kappa shape index (κ1) is 4.73. The molecule has 0 aromatic rings. The van der Waals surface area contributed by atoms with E-state index in [1.54, 1.807) is 0 Å². The predicted molar refractivity (Wildman–Crippen MR) is 27.0 cm³/mol. The smallest absolute Gasteiger partial charge is 0.122 e. The van der Waals surface area contributed by atoms with Crippen LogP contribution in [-0.4, -0.2) is 31.0 Å². The van der Waals surface area contributed by atoms with Crippen molar-refractivity contribution in [1.29, 1.82) is 0 Å². The topological polar surface area (TPSA) is 21.7 Å². The van der Waals surface area contributed by atoms with Crippen LogP contribution in [0.2, 0.25) is 0 Å². The lowest BCUT2D eigenvalue weighted by Gasteiger charge is -2.07. The van der Waals surface area contributed by atoms with E-state index in [2.05, 4.69) is 0 Å². The highest BCUT2D eigenvalue weighted by atomic mass is 16.7. The van der Waals surface area contributed by atoms with Gasteiger partial charge >= 0.3 is 0 Å². The molecule has 2 aliphatic heterocycles. The molecular formula is C5H9NO2. The third kappa shape index (κ3) is 0.555. The molecule has 2 aliphatic rings. The van der Waals surface area contributed by atoms with E-state index in [0.29, 0.717) is 12.8 Å². The maximum atomic E-state index is 5.19. The van der Waals surface area contributed by atoms with Gasteiger partial charge in [-0.25, -0.2) is 0 Å². The summed E-state index contributed by atoms with van der Waals surface area (Å²) in [6, 6.07) is 0.565. The number of rotatable bonds is 0. The molecule has 0 spiro atoms. The average Bonchev–Trinajstić information content (AvgIpc) is 2.15. The number of ether oxygens (including phenoxy) is 1. The van der Waals surface area contributed by atoms with Crippen LogP contribution in [0.15, 0.2) is 0 Å². The molecule has 0 aliphatic carbocycles. The zero-order chi connectivity index (χ0) is 5.40. The summed E-state index contributed by atoms with van der Waals surface area (Å²) in [7, 11) is 0. The first-order chi connectivity index (χ1) is 3.97. The Morgan fingerprint density at radius 3 is 3.38 bits per heavy atom. The standard InChI is InChI=1S/C5H9NO2/c1-2-8-6-4-7-3-5(1)6/h5H,1-4H2. The lowest BCUT2D eigenvalue weighted by molar-refractivity contribution is -0.136. The summed E-state index contributed by atoms with van der Waals surface area (Å²) in [4.78, 5) is 5.19. The van der Waals surface area contributed by atoms with Crippen LogP contribution in [0, 0.1) is 0 Å². The van der Waals surface area contributed by atoms with Crippen LogP contribution in [0.25, 0.3) is 0 Å². The summed E-state index contributed by atoms with van der Waals surface area (Å²) in [6.45, 7) is 2.42. The highest BCUT2D eigenvalue weighted by Crippen LogP contribution is 2.19. The molecule has 1 unspecified atom stereocenters. The molecule has 0 aromatic heterocycles. The molecule has 0 saturated carbocycles. The Balaban J connectivity index is 2.04. The second-order valence-electron chi connectivity index (χ2n) is 2.19. The molecular weight excluding hydrogens is 106 g/mol. The molecule has 8 heavy (non-hydrogen) atoms. The fraction of sp³-hybridized carbons (Fsp3) is 1.00. The Bertz CT molecular complexity index is 76.4. The zero-order valence-corrected chi connectivity index (χ0v) is 4.67. The van der Waals surface area contributed by atoms with E-state index in [0.717, 1.165) is 19.6 Å². The van der Waals surface area contributed by atoms with E-state index in [9.17, 15) is 0 Å². The van der Waals surface area contributed by atoms with Gasteiger partial charge in [0.05, 0.1) is 19.3 Å². The van der Waals surface area contributed by atoms with E-state index in [4.69, 9.17) is 9.57 Å². The molecule has 2 rings (SSSR count). The second-order valence-corrected chi connectivity index (χ2v) is 2.19. The second kappa shape index (κ2) is 1.69. The maximum Gasteiger partial charge on any atom is 0.122 e. The van der Waals surface area contributed by atoms with E-state index in [1.165, 1.54) is 0 Å². The first-order valence-corrected chi connectivity index (χ1v) is 2.94. The third-order valence-electron chi connectivity index (χ3n) is 1.64. The van der Waals surface area contributed by atoms with E-state index >= 15 is 0 Å². The molecule has 0 aromatic carbocycles. The SMILES string of the molecule is C1CC2COCN2O1. The summed E-state index contributed by atoms with van der Waals surface area (Å²) in [5.41, 5.74) is 0. The Kier molecular flexibility index (Phi) is 0.997. The molecule has 0 radical (unpaired) electrons. The molecule has 1 atom stereocenters. The number of hydrogen-bond donors (Lipinski definition) is 0. The quantitative estimate of drug-likeness (QED) is 0.443. The molecule has 0 amide bonds. The van der Waals surface area contributed by atoms with Gasteiger partial charge in [-0.1, -0.05) is 0 Å². The zero-order valence-electron chi connectivity index (χ0n) is 4.67. The van der Waals surface area contributed by atoms with Gasteiger partial charge in [0, 0.05) is 0 Å². The van der Waals surface area contributed by atoms with Gasteiger partial charge < -0.3 is 4.74 Å². The minimum atomic E-state index is 0.565. The lowest BCUT2D eigenvalue weighted by Crippen LogP contribution is -2.21. The van der Waals surface area contributed by atoms with Crippen LogP contribution in [0.1, 0.15) is 6.42 Å². The van der Waals surface area contributed by atoms with Crippen molar-refractivity contribution < 1.29 is 9.57 Å². The van der Waals surface area contributed by atoms with Crippen LogP contribution in [0.4, 0.5) is 0 Å². The van der Waals surface area contributed by atoms with Crippen LogP contribution in [0.3, 0.4) is 0 Å². The van der Waals surface area contributed by atoms with Crippen molar-refractivity contribution in [3.05, 3.63) is 0 Å². The average molecular weight is 115 g/mol. The summed E-state index contributed by atoms with van der Waals surface area (Å²) >= 11 is 0.